The number of imidazole rings is 1. The van der Waals surface area contributed by atoms with Crippen LogP contribution in [0, 0.1) is 5.92 Å². The monoisotopic (exact) mass is 489 g/mol. The van der Waals surface area contributed by atoms with Crippen LogP contribution in [0.1, 0.15) is 44.9 Å². The van der Waals surface area contributed by atoms with Crippen LogP contribution in [0.25, 0.3) is 11.0 Å². The van der Waals surface area contributed by atoms with Gasteiger partial charge in [-0.15, -0.1) is 0 Å². The smallest absolute Gasteiger partial charge is 0.242 e. The number of sulfonamides is 1. The Kier molecular flexibility index (Phi) is 7.28. The van der Waals surface area contributed by atoms with Crippen molar-refractivity contribution in [1.29, 1.82) is 0 Å². The Bertz CT molecular complexity index is 1160. The molecule has 0 unspecified atom stereocenters. The van der Waals surface area contributed by atoms with Gasteiger partial charge in [0.05, 0.1) is 15.9 Å². The van der Waals surface area contributed by atoms with E-state index in [2.05, 4.69) is 4.98 Å². The number of amides is 2. The second-order valence-corrected chi connectivity index (χ2v) is 11.5. The van der Waals surface area contributed by atoms with Gasteiger partial charge in [0.2, 0.25) is 21.8 Å². The molecule has 2 aliphatic rings. The summed E-state index contributed by atoms with van der Waals surface area (Å²) < 4.78 is 28.2. The maximum absolute atomic E-state index is 12.9. The quantitative estimate of drug-likeness (QED) is 0.594. The third kappa shape index (κ3) is 4.84. The van der Waals surface area contributed by atoms with Crippen molar-refractivity contribution in [2.24, 2.45) is 5.92 Å². The SMILES string of the molecule is CCn1c(CCC(=O)N2CCC(C(=O)N3CCCC3)CC2)nc2cc(S(=O)(=O)N(C)C)ccc21. The number of hydrogen-bond acceptors (Lipinski definition) is 5. The Labute approximate surface area is 201 Å². The number of hydrogen-bond donors (Lipinski definition) is 0. The number of nitrogens with zero attached hydrogens (tertiary/aromatic N) is 5. The fraction of sp³-hybridized carbons (Fsp3) is 0.625. The van der Waals surface area contributed by atoms with Gasteiger partial charge < -0.3 is 14.4 Å². The van der Waals surface area contributed by atoms with Gasteiger partial charge >= 0.3 is 0 Å². The van der Waals surface area contributed by atoms with E-state index in [1.807, 2.05) is 21.3 Å². The fourth-order valence-corrected chi connectivity index (χ4v) is 5.95. The summed E-state index contributed by atoms with van der Waals surface area (Å²) in [5.74, 6) is 1.16. The summed E-state index contributed by atoms with van der Waals surface area (Å²) in [5, 5.41) is 0. The van der Waals surface area contributed by atoms with Gasteiger partial charge in [0.15, 0.2) is 0 Å². The highest BCUT2D eigenvalue weighted by atomic mass is 32.2. The van der Waals surface area contributed by atoms with Gasteiger partial charge in [-0.2, -0.15) is 0 Å². The second kappa shape index (κ2) is 10.0. The van der Waals surface area contributed by atoms with Crippen LogP contribution in [0.5, 0.6) is 0 Å². The van der Waals surface area contributed by atoms with Gasteiger partial charge in [0, 0.05) is 65.6 Å². The average Bonchev–Trinajstić information content (AvgIpc) is 3.49. The Morgan fingerprint density at radius 1 is 1.06 bits per heavy atom. The fourth-order valence-electron chi connectivity index (χ4n) is 5.02. The zero-order valence-corrected chi connectivity index (χ0v) is 21.2. The maximum atomic E-state index is 12.9. The lowest BCUT2D eigenvalue weighted by Crippen LogP contribution is -2.43. The average molecular weight is 490 g/mol. The van der Waals surface area contributed by atoms with Crippen LogP contribution in [0.3, 0.4) is 0 Å². The topological polar surface area (TPSA) is 95.8 Å². The number of aromatic nitrogens is 2. The zero-order valence-electron chi connectivity index (χ0n) is 20.4. The van der Waals surface area contributed by atoms with E-state index in [1.54, 1.807) is 18.2 Å². The summed E-state index contributed by atoms with van der Waals surface area (Å²) in [5.41, 5.74) is 1.48. The van der Waals surface area contributed by atoms with Crippen molar-refractivity contribution in [1.82, 2.24) is 23.7 Å². The Balaban J connectivity index is 1.39. The minimum absolute atomic E-state index is 0.0408. The van der Waals surface area contributed by atoms with Gasteiger partial charge in [-0.05, 0) is 50.8 Å². The van der Waals surface area contributed by atoms with Crippen molar-refractivity contribution in [3.8, 4) is 0 Å². The number of carbonyl (C=O) groups excluding carboxylic acids is 2. The lowest BCUT2D eigenvalue weighted by molar-refractivity contribution is -0.140. The number of aryl methyl sites for hydroxylation is 2. The van der Waals surface area contributed by atoms with Gasteiger partial charge in [0.25, 0.3) is 0 Å². The molecule has 0 N–H and O–H groups in total. The summed E-state index contributed by atoms with van der Waals surface area (Å²) in [6.07, 6.45) is 4.49. The molecular weight excluding hydrogens is 454 g/mol. The molecule has 0 spiro atoms. The Morgan fingerprint density at radius 3 is 2.35 bits per heavy atom. The van der Waals surface area contributed by atoms with Crippen molar-refractivity contribution in [3.63, 3.8) is 0 Å². The number of piperidine rings is 1. The van der Waals surface area contributed by atoms with E-state index in [9.17, 15) is 18.0 Å². The Morgan fingerprint density at radius 2 is 1.74 bits per heavy atom. The maximum Gasteiger partial charge on any atom is 0.242 e. The molecule has 2 fully saturated rings. The van der Waals surface area contributed by atoms with Crippen molar-refractivity contribution in [2.45, 2.75) is 56.9 Å². The summed E-state index contributed by atoms with van der Waals surface area (Å²) >= 11 is 0. The standard InChI is InChI=1S/C24H35N5O4S/c1-4-29-21-8-7-19(34(32,33)26(2)3)17-20(21)25-22(29)9-10-23(30)27-15-11-18(12-16-27)24(31)28-13-5-6-14-28/h7-8,17-18H,4-6,9-16H2,1-3H3. The molecule has 2 aliphatic heterocycles. The highest BCUT2D eigenvalue weighted by molar-refractivity contribution is 7.89. The van der Waals surface area contributed by atoms with E-state index in [1.165, 1.54) is 18.4 Å². The van der Waals surface area contributed by atoms with Crippen LogP contribution in [0.4, 0.5) is 0 Å². The lowest BCUT2D eigenvalue weighted by Gasteiger charge is -2.33. The normalized spacial score (nSPS) is 17.8. The molecule has 0 bridgehead atoms. The van der Waals surface area contributed by atoms with Crippen molar-refractivity contribution in [3.05, 3.63) is 24.0 Å². The van der Waals surface area contributed by atoms with E-state index in [0.717, 1.165) is 50.1 Å². The highest BCUT2D eigenvalue weighted by Gasteiger charge is 2.31. The van der Waals surface area contributed by atoms with Crippen LogP contribution in [-0.4, -0.2) is 84.2 Å². The van der Waals surface area contributed by atoms with E-state index < -0.39 is 10.0 Å². The van der Waals surface area contributed by atoms with Gasteiger partial charge in [-0.1, -0.05) is 0 Å². The number of benzene rings is 1. The summed E-state index contributed by atoms with van der Waals surface area (Å²) in [7, 11) is -0.526. The molecule has 3 heterocycles. The molecule has 34 heavy (non-hydrogen) atoms. The number of carbonyl (C=O) groups is 2. The first kappa shape index (κ1) is 24.7. The van der Waals surface area contributed by atoms with Crippen LogP contribution in [0.2, 0.25) is 0 Å². The molecule has 1 aromatic carbocycles. The number of likely N-dealkylation sites (tertiary alicyclic amines) is 2. The molecular formula is C24H35N5O4S. The summed E-state index contributed by atoms with van der Waals surface area (Å²) in [6, 6.07) is 4.99. The lowest BCUT2D eigenvalue weighted by atomic mass is 9.95. The molecule has 186 valence electrons. The Hall–Kier alpha value is -2.46. The van der Waals surface area contributed by atoms with Gasteiger partial charge in [0.1, 0.15) is 5.82 Å². The molecule has 10 heteroatoms. The van der Waals surface area contributed by atoms with E-state index in [4.69, 9.17) is 0 Å². The molecule has 1 aromatic heterocycles. The first-order chi connectivity index (χ1) is 16.2. The summed E-state index contributed by atoms with van der Waals surface area (Å²) in [6.45, 7) is 5.69. The molecule has 9 nitrogen and oxygen atoms in total. The van der Waals surface area contributed by atoms with Crippen molar-refractivity contribution in [2.75, 3.05) is 40.3 Å². The molecule has 0 atom stereocenters. The van der Waals surface area contributed by atoms with Crippen LogP contribution >= 0.6 is 0 Å². The predicted molar refractivity (Wildman–Crippen MR) is 130 cm³/mol. The molecule has 0 saturated carbocycles. The molecule has 0 aliphatic carbocycles. The van der Waals surface area contributed by atoms with E-state index in [-0.39, 0.29) is 22.6 Å². The van der Waals surface area contributed by atoms with Crippen LogP contribution < -0.4 is 0 Å². The highest BCUT2D eigenvalue weighted by Crippen LogP contribution is 2.25. The summed E-state index contributed by atoms with van der Waals surface area (Å²) in [4.78, 5) is 34.3. The van der Waals surface area contributed by atoms with Crippen molar-refractivity contribution >= 4 is 32.9 Å². The first-order valence-corrected chi connectivity index (χ1v) is 13.6. The predicted octanol–water partition coefficient (Wildman–Crippen LogP) is 2.10. The van der Waals surface area contributed by atoms with E-state index >= 15 is 0 Å². The largest absolute Gasteiger partial charge is 0.343 e. The van der Waals surface area contributed by atoms with E-state index in [0.29, 0.717) is 38.0 Å². The third-order valence-electron chi connectivity index (χ3n) is 7.07. The number of fused-ring (bicyclic) bond motifs is 1. The number of rotatable bonds is 7. The molecule has 2 aromatic rings. The molecule has 4 rings (SSSR count). The van der Waals surface area contributed by atoms with Crippen LogP contribution in [-0.2, 0) is 32.6 Å². The van der Waals surface area contributed by atoms with Gasteiger partial charge in [-0.3, -0.25) is 9.59 Å². The van der Waals surface area contributed by atoms with Crippen LogP contribution in [0.15, 0.2) is 23.1 Å². The first-order valence-electron chi connectivity index (χ1n) is 12.2. The van der Waals surface area contributed by atoms with Gasteiger partial charge in [-0.25, -0.2) is 17.7 Å². The minimum atomic E-state index is -3.54. The molecule has 0 radical (unpaired) electrons. The molecule has 2 saturated heterocycles. The molecule has 2 amide bonds. The zero-order chi connectivity index (χ0) is 24.5. The van der Waals surface area contributed by atoms with Crippen molar-refractivity contribution < 1.29 is 18.0 Å². The second-order valence-electron chi connectivity index (χ2n) is 9.40. The minimum Gasteiger partial charge on any atom is -0.343 e. The third-order valence-corrected chi connectivity index (χ3v) is 8.88.